The van der Waals surface area contributed by atoms with Gasteiger partial charge < -0.3 is 9.72 Å². The first-order valence-corrected chi connectivity index (χ1v) is 6.99. The second-order valence-corrected chi connectivity index (χ2v) is 6.32. The van der Waals surface area contributed by atoms with Gasteiger partial charge in [0.15, 0.2) is 9.84 Å². The van der Waals surface area contributed by atoms with E-state index < -0.39 is 15.1 Å². The number of rotatable bonds is 4. The van der Waals surface area contributed by atoms with Crippen molar-refractivity contribution in [2.75, 3.05) is 13.4 Å². The quantitative estimate of drug-likeness (QED) is 0.830. The molecule has 1 rings (SSSR count). The van der Waals surface area contributed by atoms with Gasteiger partial charge in [0.2, 0.25) is 0 Å². The van der Waals surface area contributed by atoms with Crippen LogP contribution in [0.15, 0.2) is 6.07 Å². The minimum atomic E-state index is -3.19. The number of ether oxygens (including phenoxy) is 1. The number of nitrogens with zero attached hydrogens (tertiary/aromatic N) is 1. The fourth-order valence-electron chi connectivity index (χ4n) is 1.16. The Balaban J connectivity index is 3.20. The summed E-state index contributed by atoms with van der Waals surface area (Å²) in [7, 11) is -1.63. The molecule has 5 nitrogen and oxygen atoms in total. The van der Waals surface area contributed by atoms with Crippen molar-refractivity contribution in [1.82, 2.24) is 9.97 Å². The number of sulfone groups is 1. The van der Waals surface area contributed by atoms with Crippen molar-refractivity contribution in [2.45, 2.75) is 18.8 Å². The van der Waals surface area contributed by atoms with E-state index in [-0.39, 0.29) is 0 Å². The van der Waals surface area contributed by atoms with E-state index in [0.717, 1.165) is 0 Å². The van der Waals surface area contributed by atoms with E-state index in [0.29, 0.717) is 22.8 Å². The molecule has 0 fully saturated rings. The summed E-state index contributed by atoms with van der Waals surface area (Å²) in [4.78, 5) is 6.92. The third-order valence-corrected chi connectivity index (χ3v) is 3.86. The van der Waals surface area contributed by atoms with Gasteiger partial charge in [-0.25, -0.2) is 13.4 Å². The maximum Gasteiger partial charge on any atom is 0.157 e. The number of aromatic nitrogens is 2. The molecular formula is C9H14N2O3S2. The van der Waals surface area contributed by atoms with Crippen LogP contribution in [0.2, 0.25) is 0 Å². The Kier molecular flexibility index (Phi) is 4.17. The molecule has 1 aromatic rings. The van der Waals surface area contributed by atoms with Crippen LogP contribution in [0.4, 0.5) is 0 Å². The maximum absolute atomic E-state index is 11.4. The van der Waals surface area contributed by atoms with Crippen LogP contribution in [0.25, 0.3) is 0 Å². The highest BCUT2D eigenvalue weighted by Crippen LogP contribution is 2.17. The fraction of sp³-hybridized carbons (Fsp3) is 0.556. The van der Waals surface area contributed by atoms with E-state index in [1.54, 1.807) is 20.1 Å². The number of H-pyrrole nitrogens is 1. The molecule has 1 unspecified atom stereocenters. The second kappa shape index (κ2) is 5.03. The lowest BCUT2D eigenvalue weighted by atomic mass is 10.4. The van der Waals surface area contributed by atoms with Crippen LogP contribution < -0.4 is 0 Å². The minimum Gasteiger partial charge on any atom is -0.378 e. The summed E-state index contributed by atoms with van der Waals surface area (Å²) in [5.41, 5.74) is 0.716. The van der Waals surface area contributed by atoms with Gasteiger partial charge in [0.05, 0.1) is 6.61 Å². The largest absolute Gasteiger partial charge is 0.378 e. The number of methoxy groups -OCH3 is 1. The summed E-state index contributed by atoms with van der Waals surface area (Å²) in [5, 5.41) is -0.703. The Bertz CT molecular complexity index is 522. The highest BCUT2D eigenvalue weighted by atomic mass is 32.2. The molecule has 0 saturated heterocycles. The number of hydrogen-bond donors (Lipinski definition) is 1. The zero-order valence-corrected chi connectivity index (χ0v) is 11.0. The molecule has 0 aliphatic heterocycles. The van der Waals surface area contributed by atoms with Crippen molar-refractivity contribution in [3.8, 4) is 0 Å². The Morgan fingerprint density at radius 3 is 2.75 bits per heavy atom. The summed E-state index contributed by atoms with van der Waals surface area (Å²) in [6, 6.07) is 1.65. The predicted molar refractivity (Wildman–Crippen MR) is 63.4 cm³/mol. The van der Waals surface area contributed by atoms with Crippen molar-refractivity contribution in [3.63, 3.8) is 0 Å². The standard InChI is InChI=1S/C9H14N2O3S2/c1-6(16(3,12)13)9-10-7(5-14-2)4-8(15)11-9/h4,6H,5H2,1-3H3,(H,10,11,15). The molecule has 0 bridgehead atoms. The molecule has 1 atom stereocenters. The van der Waals surface area contributed by atoms with Crippen molar-refractivity contribution in [2.24, 2.45) is 0 Å². The highest BCUT2D eigenvalue weighted by Gasteiger charge is 2.19. The summed E-state index contributed by atoms with van der Waals surface area (Å²) in [5.74, 6) is 0.349. The lowest BCUT2D eigenvalue weighted by Gasteiger charge is -2.10. The van der Waals surface area contributed by atoms with Crippen molar-refractivity contribution in [3.05, 3.63) is 22.2 Å². The zero-order chi connectivity index (χ0) is 12.3. The molecule has 1 N–H and O–H groups in total. The lowest BCUT2D eigenvalue weighted by Crippen LogP contribution is -2.12. The van der Waals surface area contributed by atoms with Crippen molar-refractivity contribution in [1.29, 1.82) is 0 Å². The van der Waals surface area contributed by atoms with Crippen LogP contribution in [0.3, 0.4) is 0 Å². The Morgan fingerprint density at radius 2 is 2.25 bits per heavy atom. The summed E-state index contributed by atoms with van der Waals surface area (Å²) < 4.78 is 28.1. The number of nitrogens with one attached hydrogen (secondary N) is 1. The Labute approximate surface area is 99.8 Å². The molecule has 0 saturated carbocycles. The van der Waals surface area contributed by atoms with Crippen LogP contribution in [0.1, 0.15) is 23.7 Å². The van der Waals surface area contributed by atoms with Gasteiger partial charge in [0, 0.05) is 19.1 Å². The van der Waals surface area contributed by atoms with Crippen molar-refractivity contribution >= 4 is 22.1 Å². The van der Waals surface area contributed by atoms with Crippen molar-refractivity contribution < 1.29 is 13.2 Å². The van der Waals surface area contributed by atoms with Crippen LogP contribution in [-0.4, -0.2) is 31.8 Å². The molecule has 0 radical (unpaired) electrons. The molecule has 0 spiro atoms. The van der Waals surface area contributed by atoms with Gasteiger partial charge >= 0.3 is 0 Å². The van der Waals surface area contributed by atoms with Gasteiger partial charge in [0.1, 0.15) is 15.7 Å². The monoisotopic (exact) mass is 262 g/mol. The van der Waals surface area contributed by atoms with E-state index in [2.05, 4.69) is 9.97 Å². The molecule has 0 aliphatic rings. The van der Waals surface area contributed by atoms with E-state index in [4.69, 9.17) is 17.0 Å². The summed E-state index contributed by atoms with van der Waals surface area (Å²) >= 11 is 4.96. The Morgan fingerprint density at radius 1 is 1.62 bits per heavy atom. The molecule has 0 aromatic carbocycles. The van der Waals surface area contributed by atoms with E-state index >= 15 is 0 Å². The minimum absolute atomic E-state index is 0.343. The van der Waals surface area contributed by atoms with Crippen LogP contribution >= 0.6 is 12.2 Å². The predicted octanol–water partition coefficient (Wildman–Crippen LogP) is 1.39. The second-order valence-electron chi connectivity index (χ2n) is 3.53. The van der Waals surface area contributed by atoms with Gasteiger partial charge in [-0.05, 0) is 13.0 Å². The molecule has 1 aromatic heterocycles. The van der Waals surface area contributed by atoms with Crippen LogP contribution in [0.5, 0.6) is 0 Å². The van der Waals surface area contributed by atoms with Crippen LogP contribution in [-0.2, 0) is 21.2 Å². The summed E-state index contributed by atoms with van der Waals surface area (Å²) in [6.07, 6.45) is 1.17. The molecule has 90 valence electrons. The van der Waals surface area contributed by atoms with E-state index in [9.17, 15) is 8.42 Å². The topological polar surface area (TPSA) is 72.0 Å². The summed E-state index contributed by atoms with van der Waals surface area (Å²) in [6.45, 7) is 1.91. The van der Waals surface area contributed by atoms with E-state index in [1.165, 1.54) is 6.26 Å². The van der Waals surface area contributed by atoms with Gasteiger partial charge in [-0.2, -0.15) is 0 Å². The first-order valence-electron chi connectivity index (χ1n) is 4.62. The molecule has 16 heavy (non-hydrogen) atoms. The molecule has 1 heterocycles. The molecular weight excluding hydrogens is 248 g/mol. The van der Waals surface area contributed by atoms with Gasteiger partial charge in [-0.15, -0.1) is 0 Å². The molecule has 0 amide bonds. The third-order valence-electron chi connectivity index (χ3n) is 2.14. The van der Waals surface area contributed by atoms with Gasteiger partial charge in [-0.1, -0.05) is 12.2 Å². The SMILES string of the molecule is COCc1cc(=S)nc(C(C)S(C)(=O)=O)[nH]1. The molecule has 7 heteroatoms. The zero-order valence-electron chi connectivity index (χ0n) is 9.35. The average molecular weight is 262 g/mol. The third kappa shape index (κ3) is 3.36. The average Bonchev–Trinajstić information content (AvgIpc) is 2.14. The van der Waals surface area contributed by atoms with E-state index in [1.807, 2.05) is 0 Å². The molecule has 0 aliphatic carbocycles. The van der Waals surface area contributed by atoms with Crippen LogP contribution in [0, 0.1) is 4.64 Å². The first kappa shape index (κ1) is 13.3. The maximum atomic E-state index is 11.4. The normalized spacial score (nSPS) is 13.7. The lowest BCUT2D eigenvalue weighted by molar-refractivity contribution is 0.181. The van der Waals surface area contributed by atoms with Gasteiger partial charge in [0.25, 0.3) is 0 Å². The Hall–Kier alpha value is -0.790. The van der Waals surface area contributed by atoms with Gasteiger partial charge in [-0.3, -0.25) is 0 Å². The highest BCUT2D eigenvalue weighted by molar-refractivity contribution is 7.90. The number of aromatic amines is 1. The smallest absolute Gasteiger partial charge is 0.157 e. The fourth-order valence-corrected chi connectivity index (χ4v) is 1.91. The first-order chi connectivity index (χ1) is 7.34. The number of hydrogen-bond acceptors (Lipinski definition) is 5.